The number of para-hydroxylation sites is 1. The van der Waals surface area contributed by atoms with Crippen molar-refractivity contribution >= 4 is 0 Å². The lowest BCUT2D eigenvalue weighted by Crippen LogP contribution is -2.44. The molecule has 1 unspecified atom stereocenters. The highest BCUT2D eigenvalue weighted by Crippen LogP contribution is 2.18. The number of hydrogen-bond acceptors (Lipinski definition) is 6. The van der Waals surface area contributed by atoms with Crippen molar-refractivity contribution < 1.29 is 9.26 Å². The quantitative estimate of drug-likeness (QED) is 0.902. The minimum atomic E-state index is 0.168. The third kappa shape index (κ3) is 3.59. The van der Waals surface area contributed by atoms with Gasteiger partial charge in [0, 0.05) is 26.2 Å². The Morgan fingerprint density at radius 1 is 1.29 bits per heavy atom. The van der Waals surface area contributed by atoms with E-state index in [1.807, 2.05) is 30.3 Å². The maximum absolute atomic E-state index is 5.61. The number of benzene rings is 1. The normalized spacial score (nSPS) is 17.6. The molecule has 6 nitrogen and oxygen atoms in total. The summed E-state index contributed by atoms with van der Waals surface area (Å²) >= 11 is 0. The summed E-state index contributed by atoms with van der Waals surface area (Å²) in [6.45, 7) is 6.43. The molecule has 1 aromatic heterocycles. The van der Waals surface area contributed by atoms with Crippen LogP contribution in [0.3, 0.4) is 0 Å². The zero-order chi connectivity index (χ0) is 14.5. The molecule has 0 aliphatic carbocycles. The van der Waals surface area contributed by atoms with E-state index < -0.39 is 0 Å². The first kappa shape index (κ1) is 14.0. The number of rotatable bonds is 5. The first-order chi connectivity index (χ1) is 10.3. The summed E-state index contributed by atoms with van der Waals surface area (Å²) in [5.41, 5.74) is 0. The molecule has 0 bridgehead atoms. The van der Waals surface area contributed by atoms with Gasteiger partial charge in [0.05, 0.1) is 6.04 Å². The van der Waals surface area contributed by atoms with Crippen LogP contribution in [0.25, 0.3) is 0 Å². The molecule has 3 rings (SSSR count). The zero-order valence-electron chi connectivity index (χ0n) is 12.2. The molecule has 0 amide bonds. The number of ether oxygens (including phenoxy) is 1. The van der Waals surface area contributed by atoms with E-state index in [0.717, 1.165) is 37.8 Å². The molecule has 1 fully saturated rings. The Labute approximate surface area is 124 Å². The van der Waals surface area contributed by atoms with Crippen LogP contribution in [-0.2, 0) is 6.61 Å². The minimum Gasteiger partial charge on any atom is -0.484 e. The zero-order valence-corrected chi connectivity index (χ0v) is 12.2. The van der Waals surface area contributed by atoms with Crippen LogP contribution in [0.1, 0.15) is 24.7 Å². The second kappa shape index (κ2) is 6.69. The maximum Gasteiger partial charge on any atom is 0.264 e. The number of hydrogen-bond donors (Lipinski definition) is 1. The van der Waals surface area contributed by atoms with Crippen molar-refractivity contribution in [3.8, 4) is 5.75 Å². The average Bonchev–Trinajstić information content (AvgIpc) is 3.03. The summed E-state index contributed by atoms with van der Waals surface area (Å²) < 4.78 is 10.9. The molecule has 21 heavy (non-hydrogen) atoms. The van der Waals surface area contributed by atoms with Crippen LogP contribution in [0.5, 0.6) is 5.75 Å². The van der Waals surface area contributed by atoms with Gasteiger partial charge in [-0.1, -0.05) is 23.4 Å². The van der Waals surface area contributed by atoms with Gasteiger partial charge in [-0.25, -0.2) is 0 Å². The Kier molecular flexibility index (Phi) is 4.47. The molecule has 1 aromatic carbocycles. The summed E-state index contributed by atoms with van der Waals surface area (Å²) in [5, 5.41) is 7.41. The third-order valence-electron chi connectivity index (χ3n) is 3.66. The number of aromatic nitrogens is 2. The first-order valence-electron chi connectivity index (χ1n) is 7.28. The fourth-order valence-corrected chi connectivity index (χ4v) is 2.39. The van der Waals surface area contributed by atoms with Gasteiger partial charge in [-0.05, 0) is 19.1 Å². The third-order valence-corrected chi connectivity index (χ3v) is 3.66. The molecule has 1 aliphatic rings. The van der Waals surface area contributed by atoms with Gasteiger partial charge in [0.1, 0.15) is 5.75 Å². The summed E-state index contributed by atoms with van der Waals surface area (Å²) in [6, 6.07) is 9.79. The highest BCUT2D eigenvalue weighted by Gasteiger charge is 2.22. The van der Waals surface area contributed by atoms with Crippen molar-refractivity contribution in [3.05, 3.63) is 42.0 Å². The lowest BCUT2D eigenvalue weighted by atomic mass is 10.2. The highest BCUT2D eigenvalue weighted by molar-refractivity contribution is 5.20. The van der Waals surface area contributed by atoms with Gasteiger partial charge in [0.25, 0.3) is 5.89 Å². The SMILES string of the molecule is CC(c1noc(COc2ccccc2)n1)N1CCNCC1. The lowest BCUT2D eigenvalue weighted by molar-refractivity contribution is 0.176. The molecule has 1 atom stereocenters. The van der Waals surface area contributed by atoms with E-state index in [-0.39, 0.29) is 6.04 Å². The Hall–Kier alpha value is -1.92. The number of nitrogens with zero attached hydrogens (tertiary/aromatic N) is 3. The van der Waals surface area contributed by atoms with Crippen LogP contribution in [-0.4, -0.2) is 41.2 Å². The van der Waals surface area contributed by atoms with E-state index in [1.54, 1.807) is 0 Å². The van der Waals surface area contributed by atoms with Crippen LogP contribution in [0.4, 0.5) is 0 Å². The molecular weight excluding hydrogens is 268 g/mol. The molecule has 6 heteroatoms. The molecule has 2 heterocycles. The van der Waals surface area contributed by atoms with E-state index in [2.05, 4.69) is 27.3 Å². The Morgan fingerprint density at radius 3 is 2.81 bits per heavy atom. The average molecular weight is 288 g/mol. The fraction of sp³-hybridized carbons (Fsp3) is 0.467. The Bertz CT molecular complexity index is 552. The van der Waals surface area contributed by atoms with Crippen LogP contribution in [0.15, 0.2) is 34.9 Å². The largest absolute Gasteiger partial charge is 0.484 e. The molecule has 2 aromatic rings. The Balaban J connectivity index is 1.58. The first-order valence-corrected chi connectivity index (χ1v) is 7.28. The summed E-state index contributed by atoms with van der Waals surface area (Å²) in [5.74, 6) is 2.03. The van der Waals surface area contributed by atoms with Gasteiger partial charge >= 0.3 is 0 Å². The fourth-order valence-electron chi connectivity index (χ4n) is 2.39. The second-order valence-electron chi connectivity index (χ2n) is 5.11. The molecule has 0 saturated carbocycles. The van der Waals surface area contributed by atoms with E-state index in [4.69, 9.17) is 9.26 Å². The number of nitrogens with one attached hydrogen (secondary N) is 1. The predicted molar refractivity (Wildman–Crippen MR) is 77.9 cm³/mol. The highest BCUT2D eigenvalue weighted by atomic mass is 16.5. The van der Waals surface area contributed by atoms with Gasteiger partial charge in [-0.15, -0.1) is 0 Å². The standard InChI is InChI=1S/C15H20N4O2/c1-12(19-9-7-16-8-10-19)15-17-14(21-18-15)11-20-13-5-3-2-4-6-13/h2-6,12,16H,7-11H2,1H3. The van der Waals surface area contributed by atoms with Gasteiger partial charge in [-0.2, -0.15) is 4.98 Å². The van der Waals surface area contributed by atoms with E-state index in [9.17, 15) is 0 Å². The van der Waals surface area contributed by atoms with Gasteiger partial charge < -0.3 is 14.6 Å². The van der Waals surface area contributed by atoms with Crippen molar-refractivity contribution in [2.45, 2.75) is 19.6 Å². The van der Waals surface area contributed by atoms with Crippen LogP contribution in [0, 0.1) is 0 Å². The van der Waals surface area contributed by atoms with Gasteiger partial charge in [0.2, 0.25) is 0 Å². The van der Waals surface area contributed by atoms with Gasteiger partial charge in [-0.3, -0.25) is 4.90 Å². The molecular formula is C15H20N4O2. The number of piperazine rings is 1. The van der Waals surface area contributed by atoms with E-state index in [0.29, 0.717) is 12.5 Å². The second-order valence-corrected chi connectivity index (χ2v) is 5.11. The van der Waals surface area contributed by atoms with Crippen molar-refractivity contribution in [3.63, 3.8) is 0 Å². The molecule has 0 radical (unpaired) electrons. The topological polar surface area (TPSA) is 63.4 Å². The molecule has 0 spiro atoms. The monoisotopic (exact) mass is 288 g/mol. The lowest BCUT2D eigenvalue weighted by Gasteiger charge is -2.30. The maximum atomic E-state index is 5.61. The van der Waals surface area contributed by atoms with Crippen LogP contribution >= 0.6 is 0 Å². The van der Waals surface area contributed by atoms with Crippen molar-refractivity contribution in [1.82, 2.24) is 20.4 Å². The predicted octanol–water partition coefficient (Wildman–Crippen LogP) is 1.61. The van der Waals surface area contributed by atoms with Crippen molar-refractivity contribution in [2.24, 2.45) is 0 Å². The van der Waals surface area contributed by atoms with Gasteiger partial charge in [0.15, 0.2) is 12.4 Å². The van der Waals surface area contributed by atoms with E-state index in [1.165, 1.54) is 0 Å². The summed E-state index contributed by atoms with van der Waals surface area (Å²) in [4.78, 5) is 6.79. The van der Waals surface area contributed by atoms with Crippen molar-refractivity contribution in [1.29, 1.82) is 0 Å². The van der Waals surface area contributed by atoms with Crippen molar-refractivity contribution in [2.75, 3.05) is 26.2 Å². The molecule has 112 valence electrons. The smallest absolute Gasteiger partial charge is 0.264 e. The van der Waals surface area contributed by atoms with E-state index >= 15 is 0 Å². The van der Waals surface area contributed by atoms with Crippen LogP contribution in [0.2, 0.25) is 0 Å². The molecule has 1 N–H and O–H groups in total. The summed E-state index contributed by atoms with van der Waals surface area (Å²) in [7, 11) is 0. The minimum absolute atomic E-state index is 0.168. The summed E-state index contributed by atoms with van der Waals surface area (Å²) in [6.07, 6.45) is 0. The molecule has 1 aliphatic heterocycles. The van der Waals surface area contributed by atoms with Crippen LogP contribution < -0.4 is 10.1 Å². The molecule has 1 saturated heterocycles. The Morgan fingerprint density at radius 2 is 2.05 bits per heavy atom.